The Balaban J connectivity index is 1.96. The van der Waals surface area contributed by atoms with Gasteiger partial charge in [-0.05, 0) is 19.1 Å². The minimum absolute atomic E-state index is 0.0193. The first-order chi connectivity index (χ1) is 9.25. The quantitative estimate of drug-likeness (QED) is 0.773. The number of rotatable bonds is 3. The van der Waals surface area contributed by atoms with Crippen molar-refractivity contribution in [3.05, 3.63) is 42.7 Å². The minimum Gasteiger partial charge on any atom is -0.360 e. The molecule has 0 spiro atoms. The highest BCUT2D eigenvalue weighted by atomic mass is 15.3. The lowest BCUT2D eigenvalue weighted by Crippen LogP contribution is -2.13. The number of hydrogen-bond acceptors (Lipinski definition) is 5. The number of aryl methyl sites for hydroxylation is 1. The fraction of sp³-hybridized carbons (Fsp3) is 0.231. The smallest absolute Gasteiger partial charge is 0.154 e. The second-order valence-corrected chi connectivity index (χ2v) is 4.41. The molecule has 0 saturated carbocycles. The Kier molecular flexibility index (Phi) is 2.83. The van der Waals surface area contributed by atoms with Gasteiger partial charge in [0, 0.05) is 12.4 Å². The molecule has 0 amide bonds. The van der Waals surface area contributed by atoms with Crippen molar-refractivity contribution < 1.29 is 0 Å². The van der Waals surface area contributed by atoms with Gasteiger partial charge in [-0.1, -0.05) is 12.1 Å². The SMILES string of the molecule is CC(Nc1ncnc2ccccc12)c1nncn1C. The highest BCUT2D eigenvalue weighted by Gasteiger charge is 2.13. The van der Waals surface area contributed by atoms with E-state index in [2.05, 4.69) is 25.5 Å². The Bertz CT molecular complexity index is 700. The predicted octanol–water partition coefficient (Wildman–Crippen LogP) is 1.93. The van der Waals surface area contributed by atoms with Crippen LogP contribution in [0.2, 0.25) is 0 Å². The Hall–Kier alpha value is -2.50. The van der Waals surface area contributed by atoms with Crippen LogP contribution in [0.5, 0.6) is 0 Å². The highest BCUT2D eigenvalue weighted by molar-refractivity contribution is 5.88. The fourth-order valence-electron chi connectivity index (χ4n) is 2.07. The number of hydrogen-bond donors (Lipinski definition) is 1. The number of nitrogens with one attached hydrogen (secondary N) is 1. The minimum atomic E-state index is 0.0193. The fourth-order valence-corrected chi connectivity index (χ4v) is 2.07. The van der Waals surface area contributed by atoms with Crippen LogP contribution < -0.4 is 5.32 Å². The predicted molar refractivity (Wildman–Crippen MR) is 72.6 cm³/mol. The standard InChI is InChI=1S/C13H14N6/c1-9(13-18-16-8-19(13)2)17-12-10-5-3-4-6-11(10)14-7-15-12/h3-9H,1-2H3,(H,14,15,17). The molecule has 2 heterocycles. The molecule has 6 nitrogen and oxygen atoms in total. The van der Waals surface area contributed by atoms with Gasteiger partial charge in [-0.3, -0.25) is 0 Å². The lowest BCUT2D eigenvalue weighted by Gasteiger charge is -2.14. The van der Waals surface area contributed by atoms with E-state index >= 15 is 0 Å². The van der Waals surface area contributed by atoms with E-state index in [4.69, 9.17) is 0 Å². The Labute approximate surface area is 110 Å². The molecule has 3 rings (SSSR count). The van der Waals surface area contributed by atoms with Crippen molar-refractivity contribution in [2.75, 3.05) is 5.32 Å². The molecular formula is C13H14N6. The summed E-state index contributed by atoms with van der Waals surface area (Å²) >= 11 is 0. The van der Waals surface area contributed by atoms with Crippen LogP contribution in [0.3, 0.4) is 0 Å². The van der Waals surface area contributed by atoms with Gasteiger partial charge in [0.15, 0.2) is 5.82 Å². The molecular weight excluding hydrogens is 240 g/mol. The van der Waals surface area contributed by atoms with E-state index in [9.17, 15) is 0 Å². The molecule has 1 atom stereocenters. The average Bonchev–Trinajstić information content (AvgIpc) is 2.85. The first-order valence-corrected chi connectivity index (χ1v) is 6.06. The zero-order chi connectivity index (χ0) is 13.2. The summed E-state index contributed by atoms with van der Waals surface area (Å²) in [6, 6.07) is 7.93. The topological polar surface area (TPSA) is 68.5 Å². The molecule has 0 fully saturated rings. The summed E-state index contributed by atoms with van der Waals surface area (Å²) in [5.41, 5.74) is 0.921. The molecule has 1 aromatic carbocycles. The van der Waals surface area contributed by atoms with Crippen LogP contribution in [0, 0.1) is 0 Å². The van der Waals surface area contributed by atoms with Gasteiger partial charge in [0.1, 0.15) is 18.5 Å². The lowest BCUT2D eigenvalue weighted by atomic mass is 10.2. The molecule has 0 aliphatic rings. The first-order valence-electron chi connectivity index (χ1n) is 6.06. The summed E-state index contributed by atoms with van der Waals surface area (Å²) in [7, 11) is 1.92. The number of anilines is 1. The molecule has 19 heavy (non-hydrogen) atoms. The maximum Gasteiger partial charge on any atom is 0.154 e. The molecule has 0 aliphatic heterocycles. The van der Waals surface area contributed by atoms with Crippen LogP contribution in [-0.4, -0.2) is 24.7 Å². The van der Waals surface area contributed by atoms with Gasteiger partial charge in [0.05, 0.1) is 11.6 Å². The first kappa shape index (κ1) is 11.6. The van der Waals surface area contributed by atoms with E-state index in [-0.39, 0.29) is 6.04 Å². The zero-order valence-electron chi connectivity index (χ0n) is 10.8. The van der Waals surface area contributed by atoms with Gasteiger partial charge in [0.25, 0.3) is 0 Å². The number of nitrogens with zero attached hydrogens (tertiary/aromatic N) is 5. The van der Waals surface area contributed by atoms with Crippen molar-refractivity contribution >= 4 is 16.7 Å². The largest absolute Gasteiger partial charge is 0.360 e. The highest BCUT2D eigenvalue weighted by Crippen LogP contribution is 2.22. The van der Waals surface area contributed by atoms with E-state index in [0.29, 0.717) is 0 Å². The third-order valence-corrected chi connectivity index (χ3v) is 3.03. The molecule has 6 heteroatoms. The maximum absolute atomic E-state index is 4.31. The van der Waals surface area contributed by atoms with Crippen LogP contribution in [-0.2, 0) is 7.05 Å². The number of para-hydroxylation sites is 1. The van der Waals surface area contributed by atoms with Crippen molar-refractivity contribution in [1.29, 1.82) is 0 Å². The van der Waals surface area contributed by atoms with Gasteiger partial charge in [-0.2, -0.15) is 0 Å². The van der Waals surface area contributed by atoms with Crippen LogP contribution in [0.1, 0.15) is 18.8 Å². The van der Waals surface area contributed by atoms with Crippen LogP contribution in [0.4, 0.5) is 5.82 Å². The average molecular weight is 254 g/mol. The van der Waals surface area contributed by atoms with E-state index in [1.165, 1.54) is 0 Å². The van der Waals surface area contributed by atoms with E-state index in [1.807, 2.05) is 42.8 Å². The summed E-state index contributed by atoms with van der Waals surface area (Å²) < 4.78 is 1.89. The summed E-state index contributed by atoms with van der Waals surface area (Å²) in [5.74, 6) is 1.67. The van der Waals surface area contributed by atoms with Crippen molar-refractivity contribution in [2.45, 2.75) is 13.0 Å². The molecule has 96 valence electrons. The summed E-state index contributed by atoms with van der Waals surface area (Å²) in [5, 5.41) is 12.3. The number of fused-ring (bicyclic) bond motifs is 1. The van der Waals surface area contributed by atoms with Gasteiger partial charge < -0.3 is 9.88 Å². The molecule has 0 saturated heterocycles. The summed E-state index contributed by atoms with van der Waals surface area (Å²) in [4.78, 5) is 8.55. The molecule has 2 aromatic heterocycles. The maximum atomic E-state index is 4.31. The Morgan fingerprint density at radius 3 is 2.84 bits per heavy atom. The molecule has 3 aromatic rings. The molecule has 0 bridgehead atoms. The van der Waals surface area contributed by atoms with Crippen molar-refractivity contribution in [2.24, 2.45) is 7.05 Å². The van der Waals surface area contributed by atoms with Gasteiger partial charge >= 0.3 is 0 Å². The second-order valence-electron chi connectivity index (χ2n) is 4.41. The van der Waals surface area contributed by atoms with Crippen molar-refractivity contribution in [3.8, 4) is 0 Å². The Morgan fingerprint density at radius 1 is 1.21 bits per heavy atom. The summed E-state index contributed by atoms with van der Waals surface area (Å²) in [6.45, 7) is 2.03. The Morgan fingerprint density at radius 2 is 2.05 bits per heavy atom. The van der Waals surface area contributed by atoms with Gasteiger partial charge in [0.2, 0.25) is 0 Å². The van der Waals surface area contributed by atoms with Crippen molar-refractivity contribution in [3.63, 3.8) is 0 Å². The van der Waals surface area contributed by atoms with Crippen LogP contribution >= 0.6 is 0 Å². The lowest BCUT2D eigenvalue weighted by molar-refractivity contribution is 0.717. The van der Waals surface area contributed by atoms with Gasteiger partial charge in [-0.15, -0.1) is 10.2 Å². The number of benzene rings is 1. The van der Waals surface area contributed by atoms with Crippen LogP contribution in [0.15, 0.2) is 36.9 Å². The molecule has 1 unspecified atom stereocenters. The molecule has 0 aliphatic carbocycles. The van der Waals surface area contributed by atoms with E-state index in [1.54, 1.807) is 12.7 Å². The molecule has 1 N–H and O–H groups in total. The van der Waals surface area contributed by atoms with E-state index < -0.39 is 0 Å². The molecule has 0 radical (unpaired) electrons. The number of aromatic nitrogens is 5. The summed E-state index contributed by atoms with van der Waals surface area (Å²) in [6.07, 6.45) is 3.25. The zero-order valence-corrected chi connectivity index (χ0v) is 10.8. The normalized spacial score (nSPS) is 12.5. The van der Waals surface area contributed by atoms with E-state index in [0.717, 1.165) is 22.5 Å². The monoisotopic (exact) mass is 254 g/mol. The third kappa shape index (κ3) is 2.12. The third-order valence-electron chi connectivity index (χ3n) is 3.03. The van der Waals surface area contributed by atoms with Crippen molar-refractivity contribution in [1.82, 2.24) is 24.7 Å². The van der Waals surface area contributed by atoms with Crippen LogP contribution in [0.25, 0.3) is 10.9 Å². The second kappa shape index (κ2) is 4.64. The van der Waals surface area contributed by atoms with Gasteiger partial charge in [-0.25, -0.2) is 9.97 Å².